The van der Waals surface area contributed by atoms with E-state index in [4.69, 9.17) is 40.5 Å². The maximum atomic E-state index is 6.02. The Balaban J connectivity index is 2.34. The predicted octanol–water partition coefficient (Wildman–Crippen LogP) is 5.13. The van der Waals surface area contributed by atoms with Gasteiger partial charge in [0.15, 0.2) is 5.82 Å². The molecule has 1 aromatic heterocycles. The van der Waals surface area contributed by atoms with E-state index >= 15 is 0 Å². The monoisotopic (exact) mass is 365 g/mol. The van der Waals surface area contributed by atoms with Gasteiger partial charge in [0.05, 0.1) is 15.1 Å². The molecule has 0 unspecified atom stereocenters. The Morgan fingerprint density at radius 3 is 2.44 bits per heavy atom. The number of nitrogens with two attached hydrogens (primary N) is 1. The Hall–Kier alpha value is -0.680. The van der Waals surface area contributed by atoms with Gasteiger partial charge in [0.1, 0.15) is 5.82 Å². The highest BCUT2D eigenvalue weighted by Gasteiger charge is 2.08. The lowest BCUT2D eigenvalue weighted by Gasteiger charge is -2.09. The van der Waals surface area contributed by atoms with Crippen LogP contribution in [0.2, 0.25) is 15.1 Å². The van der Waals surface area contributed by atoms with Gasteiger partial charge in [-0.3, -0.25) is 0 Å². The molecule has 2 rings (SSSR count). The SMILES string of the molecule is Nc1nc(Nc2ccc(Cl)c(Br)c2)c(Cl)cc1Cl. The molecule has 0 saturated heterocycles. The smallest absolute Gasteiger partial charge is 0.151 e. The van der Waals surface area contributed by atoms with E-state index in [9.17, 15) is 0 Å². The fraction of sp³-hybridized carbons (Fsp3) is 0. The quantitative estimate of drug-likeness (QED) is 0.774. The molecule has 0 saturated carbocycles. The Morgan fingerprint density at radius 2 is 1.78 bits per heavy atom. The summed E-state index contributed by atoms with van der Waals surface area (Å²) < 4.78 is 0.771. The van der Waals surface area contributed by atoms with E-state index in [2.05, 4.69) is 26.2 Å². The van der Waals surface area contributed by atoms with Crippen molar-refractivity contribution in [1.29, 1.82) is 0 Å². The van der Waals surface area contributed by atoms with Crippen molar-refractivity contribution in [3.8, 4) is 0 Å². The molecule has 0 bridgehead atoms. The van der Waals surface area contributed by atoms with Gasteiger partial charge >= 0.3 is 0 Å². The van der Waals surface area contributed by atoms with E-state index in [1.54, 1.807) is 18.2 Å². The number of halogens is 4. The number of rotatable bonds is 2. The van der Waals surface area contributed by atoms with Gasteiger partial charge in [-0.25, -0.2) is 4.98 Å². The molecule has 2 aromatic rings. The van der Waals surface area contributed by atoms with Crippen molar-refractivity contribution >= 4 is 68.1 Å². The first kappa shape index (κ1) is 13.7. The second-order valence-electron chi connectivity index (χ2n) is 3.44. The Bertz CT molecular complexity index is 604. The van der Waals surface area contributed by atoms with Crippen LogP contribution in [0.25, 0.3) is 0 Å². The summed E-state index contributed by atoms with van der Waals surface area (Å²) in [6.45, 7) is 0. The van der Waals surface area contributed by atoms with E-state index in [1.807, 2.05) is 6.07 Å². The highest BCUT2D eigenvalue weighted by Crippen LogP contribution is 2.31. The number of nitrogens with zero attached hydrogens (tertiary/aromatic N) is 1. The molecule has 0 amide bonds. The topological polar surface area (TPSA) is 50.9 Å². The van der Waals surface area contributed by atoms with Crippen molar-refractivity contribution in [3.63, 3.8) is 0 Å². The molecular weight excluding hydrogens is 360 g/mol. The highest BCUT2D eigenvalue weighted by molar-refractivity contribution is 9.10. The fourth-order valence-electron chi connectivity index (χ4n) is 1.28. The summed E-state index contributed by atoms with van der Waals surface area (Å²) in [7, 11) is 0. The molecule has 0 fully saturated rings. The molecule has 18 heavy (non-hydrogen) atoms. The molecule has 0 spiro atoms. The van der Waals surface area contributed by atoms with Crippen LogP contribution >= 0.6 is 50.7 Å². The van der Waals surface area contributed by atoms with Crippen LogP contribution in [0.1, 0.15) is 0 Å². The fourth-order valence-corrected chi connectivity index (χ4v) is 2.18. The summed E-state index contributed by atoms with van der Waals surface area (Å²) in [6, 6.07) is 6.90. The molecule has 1 heterocycles. The zero-order chi connectivity index (χ0) is 13.3. The Labute approximate surface area is 127 Å². The maximum absolute atomic E-state index is 6.02. The summed E-state index contributed by atoms with van der Waals surface area (Å²) in [5, 5.41) is 4.37. The lowest BCUT2D eigenvalue weighted by atomic mass is 10.3. The van der Waals surface area contributed by atoms with Gasteiger partial charge in [0.2, 0.25) is 0 Å². The summed E-state index contributed by atoms with van der Waals surface area (Å²) in [6.07, 6.45) is 0. The van der Waals surface area contributed by atoms with Crippen LogP contribution in [-0.2, 0) is 0 Å². The number of pyridine rings is 1. The van der Waals surface area contributed by atoms with E-state index in [0.717, 1.165) is 10.2 Å². The second kappa shape index (κ2) is 5.53. The molecular formula is C11H7BrCl3N3. The number of benzene rings is 1. The van der Waals surface area contributed by atoms with Gasteiger partial charge in [-0.15, -0.1) is 0 Å². The molecule has 0 radical (unpaired) electrons. The summed E-state index contributed by atoms with van der Waals surface area (Å²) in [5.41, 5.74) is 6.41. The first-order valence-corrected chi connectivity index (χ1v) is 6.73. The first-order chi connectivity index (χ1) is 8.47. The highest BCUT2D eigenvalue weighted by atomic mass is 79.9. The van der Waals surface area contributed by atoms with E-state index < -0.39 is 0 Å². The van der Waals surface area contributed by atoms with Crippen LogP contribution in [0, 0.1) is 0 Å². The van der Waals surface area contributed by atoms with Crippen LogP contribution in [-0.4, -0.2) is 4.98 Å². The average Bonchev–Trinajstić information content (AvgIpc) is 2.31. The van der Waals surface area contributed by atoms with Crippen LogP contribution < -0.4 is 11.1 Å². The molecule has 1 aromatic carbocycles. The van der Waals surface area contributed by atoms with Gasteiger partial charge < -0.3 is 11.1 Å². The van der Waals surface area contributed by atoms with Crippen LogP contribution in [0.4, 0.5) is 17.3 Å². The van der Waals surface area contributed by atoms with Crippen molar-refractivity contribution in [2.45, 2.75) is 0 Å². The Kier molecular flexibility index (Phi) is 4.22. The van der Waals surface area contributed by atoms with Crippen molar-refractivity contribution < 1.29 is 0 Å². The third-order valence-electron chi connectivity index (χ3n) is 2.14. The predicted molar refractivity (Wildman–Crippen MR) is 81.1 cm³/mol. The third kappa shape index (κ3) is 3.01. The second-order valence-corrected chi connectivity index (χ2v) is 5.52. The van der Waals surface area contributed by atoms with Gasteiger partial charge in [-0.05, 0) is 40.2 Å². The van der Waals surface area contributed by atoms with E-state index in [-0.39, 0.29) is 5.82 Å². The number of nitrogens with one attached hydrogen (secondary N) is 1. The molecule has 94 valence electrons. The van der Waals surface area contributed by atoms with Crippen LogP contribution in [0.15, 0.2) is 28.7 Å². The standard InChI is InChI=1S/C11H7BrCl3N3/c12-6-3-5(1-2-7(6)13)17-11-9(15)4-8(14)10(16)18-11/h1-4H,(H3,16,17,18). The van der Waals surface area contributed by atoms with Crippen LogP contribution in [0.5, 0.6) is 0 Å². The number of aromatic nitrogens is 1. The van der Waals surface area contributed by atoms with Gasteiger partial charge in [0.25, 0.3) is 0 Å². The molecule has 0 aliphatic heterocycles. The molecule has 0 aliphatic rings. The first-order valence-electron chi connectivity index (χ1n) is 4.81. The number of anilines is 3. The summed E-state index contributed by atoms with van der Waals surface area (Å²) in [5.74, 6) is 0.657. The van der Waals surface area contributed by atoms with Gasteiger partial charge in [-0.2, -0.15) is 0 Å². The summed E-state index contributed by atoms with van der Waals surface area (Å²) in [4.78, 5) is 4.07. The minimum absolute atomic E-state index is 0.219. The van der Waals surface area contributed by atoms with Crippen LogP contribution in [0.3, 0.4) is 0 Å². The molecule has 0 aliphatic carbocycles. The molecule has 7 heteroatoms. The molecule has 0 atom stereocenters. The zero-order valence-electron chi connectivity index (χ0n) is 8.85. The van der Waals surface area contributed by atoms with E-state index in [1.165, 1.54) is 0 Å². The number of nitrogen functional groups attached to an aromatic ring is 1. The normalized spacial score (nSPS) is 10.4. The lowest BCUT2D eigenvalue weighted by molar-refractivity contribution is 1.31. The van der Waals surface area contributed by atoms with Gasteiger partial charge in [0, 0.05) is 10.2 Å². The molecule has 3 nitrogen and oxygen atoms in total. The zero-order valence-corrected chi connectivity index (χ0v) is 12.7. The minimum atomic E-state index is 0.219. The van der Waals surface area contributed by atoms with Crippen molar-refractivity contribution in [2.24, 2.45) is 0 Å². The van der Waals surface area contributed by atoms with Crippen molar-refractivity contribution in [3.05, 3.63) is 43.8 Å². The molecule has 3 N–H and O–H groups in total. The largest absolute Gasteiger partial charge is 0.382 e. The number of hydrogen-bond donors (Lipinski definition) is 2. The third-order valence-corrected chi connectivity index (χ3v) is 3.94. The summed E-state index contributed by atoms with van der Waals surface area (Å²) >= 11 is 21.1. The minimum Gasteiger partial charge on any atom is -0.382 e. The van der Waals surface area contributed by atoms with Gasteiger partial charge in [-0.1, -0.05) is 34.8 Å². The Morgan fingerprint density at radius 1 is 1.06 bits per heavy atom. The van der Waals surface area contributed by atoms with Crippen molar-refractivity contribution in [1.82, 2.24) is 4.98 Å². The maximum Gasteiger partial charge on any atom is 0.151 e. The van der Waals surface area contributed by atoms with Crippen molar-refractivity contribution in [2.75, 3.05) is 11.1 Å². The van der Waals surface area contributed by atoms with E-state index in [0.29, 0.717) is 20.9 Å². The lowest BCUT2D eigenvalue weighted by Crippen LogP contribution is -1.99. The average molecular weight is 367 g/mol. The number of hydrogen-bond acceptors (Lipinski definition) is 3.